The molecule has 1 atom stereocenters. The highest BCUT2D eigenvalue weighted by atomic mass is 16.5. The van der Waals surface area contributed by atoms with Crippen LogP contribution in [0.4, 0.5) is 0 Å². The number of hydrogen-bond acceptors (Lipinski definition) is 9. The molecule has 1 unspecified atom stereocenters. The molecule has 0 spiro atoms. The average molecular weight is 601 g/mol. The molecule has 0 amide bonds. The summed E-state index contributed by atoms with van der Waals surface area (Å²) in [5.41, 5.74) is -3.43. The third kappa shape index (κ3) is 9.62. The molecule has 42 heavy (non-hydrogen) atoms. The van der Waals surface area contributed by atoms with E-state index in [9.17, 15) is 34.5 Å². The molecule has 1 aliphatic heterocycles. The standard InChI is InChI=1S/C30H56N4O8/c1-11-42-23(37)21-32-13-12-31(20-22(35)36)14-16-33(24(25(38)39)27(2,3)4)17-19-34(18-15-32)30(26(40)41,28(5,6)7)29(8,9)10/h24H,11-21H2,1-10H3,(H,35,36)(H,38,39)(H,40,41). The van der Waals surface area contributed by atoms with Crippen LogP contribution in [0, 0.1) is 16.2 Å². The summed E-state index contributed by atoms with van der Waals surface area (Å²) in [5.74, 6) is -3.35. The summed E-state index contributed by atoms with van der Waals surface area (Å²) in [6.45, 7) is 21.2. The Bertz CT molecular complexity index is 921. The summed E-state index contributed by atoms with van der Waals surface area (Å²) >= 11 is 0. The lowest BCUT2D eigenvalue weighted by molar-refractivity contribution is -0.177. The highest BCUT2D eigenvalue weighted by molar-refractivity contribution is 5.81. The zero-order valence-electron chi connectivity index (χ0n) is 27.5. The van der Waals surface area contributed by atoms with Gasteiger partial charge in [-0.3, -0.25) is 38.8 Å². The van der Waals surface area contributed by atoms with Crippen molar-refractivity contribution in [3.63, 3.8) is 0 Å². The second-order valence-electron chi connectivity index (χ2n) is 14.4. The summed E-state index contributed by atoms with van der Waals surface area (Å²) < 4.78 is 5.19. The van der Waals surface area contributed by atoms with Crippen molar-refractivity contribution in [3.8, 4) is 0 Å². The minimum atomic E-state index is -1.35. The molecule has 3 N–H and O–H groups in total. The summed E-state index contributed by atoms with van der Waals surface area (Å²) in [7, 11) is 0. The minimum Gasteiger partial charge on any atom is -0.480 e. The van der Waals surface area contributed by atoms with Crippen LogP contribution in [0.15, 0.2) is 0 Å². The van der Waals surface area contributed by atoms with Crippen molar-refractivity contribution >= 4 is 23.9 Å². The third-order valence-electron chi connectivity index (χ3n) is 8.17. The molecule has 12 nitrogen and oxygen atoms in total. The predicted molar refractivity (Wildman–Crippen MR) is 160 cm³/mol. The molecule has 12 heteroatoms. The summed E-state index contributed by atoms with van der Waals surface area (Å²) in [4.78, 5) is 57.5. The van der Waals surface area contributed by atoms with E-state index >= 15 is 0 Å². The Kier molecular flexibility index (Phi) is 13.4. The van der Waals surface area contributed by atoms with Crippen LogP contribution < -0.4 is 0 Å². The number of hydrogen-bond donors (Lipinski definition) is 3. The number of aliphatic carboxylic acids is 3. The van der Waals surface area contributed by atoms with E-state index in [4.69, 9.17) is 4.74 Å². The molecule has 0 aliphatic carbocycles. The summed E-state index contributed by atoms with van der Waals surface area (Å²) in [6.07, 6.45) is 0. The van der Waals surface area contributed by atoms with Gasteiger partial charge in [0.2, 0.25) is 0 Å². The van der Waals surface area contributed by atoms with Crippen LogP contribution in [0.1, 0.15) is 69.2 Å². The number of nitrogens with zero attached hydrogens (tertiary/aromatic N) is 4. The van der Waals surface area contributed by atoms with Crippen LogP contribution in [-0.2, 0) is 23.9 Å². The molecule has 0 bridgehead atoms. The molecule has 1 fully saturated rings. The maximum absolute atomic E-state index is 13.4. The van der Waals surface area contributed by atoms with E-state index in [1.54, 1.807) is 11.8 Å². The van der Waals surface area contributed by atoms with E-state index in [0.29, 0.717) is 32.7 Å². The Morgan fingerprint density at radius 1 is 0.690 bits per heavy atom. The minimum absolute atomic E-state index is 0.00899. The number of esters is 1. The van der Waals surface area contributed by atoms with Gasteiger partial charge in [0.05, 0.1) is 19.7 Å². The molecule has 1 saturated heterocycles. The van der Waals surface area contributed by atoms with Gasteiger partial charge in [0, 0.05) is 52.4 Å². The molecule has 244 valence electrons. The monoisotopic (exact) mass is 600 g/mol. The van der Waals surface area contributed by atoms with E-state index in [1.807, 2.05) is 77.0 Å². The number of carboxylic acids is 3. The van der Waals surface area contributed by atoms with Gasteiger partial charge < -0.3 is 20.1 Å². The second-order valence-corrected chi connectivity index (χ2v) is 14.4. The molecule has 0 radical (unpaired) electrons. The Balaban J connectivity index is 3.74. The maximum Gasteiger partial charge on any atom is 0.325 e. The van der Waals surface area contributed by atoms with E-state index in [-0.39, 0.29) is 39.3 Å². The molecular formula is C30H56N4O8. The van der Waals surface area contributed by atoms with Crippen molar-refractivity contribution in [2.75, 3.05) is 72.1 Å². The SMILES string of the molecule is CCOC(=O)CN1CCN(CC(=O)O)CCN(C(C(=O)O)C(C)(C)C)CCN(C(C(=O)O)(C(C)(C)C)C(C)(C)C)CC1. The van der Waals surface area contributed by atoms with Crippen molar-refractivity contribution < 1.29 is 39.2 Å². The van der Waals surface area contributed by atoms with Crippen molar-refractivity contribution in [2.45, 2.75) is 80.8 Å². The molecule has 0 aromatic carbocycles. The molecule has 0 saturated carbocycles. The first-order valence-corrected chi connectivity index (χ1v) is 14.9. The van der Waals surface area contributed by atoms with E-state index in [2.05, 4.69) is 0 Å². The van der Waals surface area contributed by atoms with E-state index < -0.39 is 51.7 Å². The van der Waals surface area contributed by atoms with Crippen LogP contribution in [0.5, 0.6) is 0 Å². The fourth-order valence-electron chi connectivity index (χ4n) is 6.93. The van der Waals surface area contributed by atoms with Gasteiger partial charge in [-0.25, -0.2) is 0 Å². The lowest BCUT2D eigenvalue weighted by atomic mass is 9.59. The lowest BCUT2D eigenvalue weighted by Crippen LogP contribution is -2.71. The van der Waals surface area contributed by atoms with Crippen molar-refractivity contribution in [1.29, 1.82) is 0 Å². The van der Waals surface area contributed by atoms with Gasteiger partial charge in [-0.1, -0.05) is 62.3 Å². The van der Waals surface area contributed by atoms with Gasteiger partial charge in [-0.2, -0.15) is 0 Å². The fraction of sp³-hybridized carbons (Fsp3) is 0.867. The topological polar surface area (TPSA) is 151 Å². The number of carboxylic acid groups (broad SMARTS) is 3. The highest BCUT2D eigenvalue weighted by Crippen LogP contribution is 2.48. The number of ether oxygens (including phenoxy) is 1. The van der Waals surface area contributed by atoms with Gasteiger partial charge in [0.1, 0.15) is 11.6 Å². The molecule has 0 aromatic heterocycles. The Labute approximate surface area is 251 Å². The average Bonchev–Trinajstić information content (AvgIpc) is 2.77. The smallest absolute Gasteiger partial charge is 0.325 e. The Hall–Kier alpha value is -2.28. The first-order chi connectivity index (χ1) is 19.1. The number of carbonyl (C=O) groups is 4. The van der Waals surface area contributed by atoms with Crippen molar-refractivity contribution in [2.24, 2.45) is 16.2 Å². The normalized spacial score (nSPS) is 19.4. The van der Waals surface area contributed by atoms with Crippen molar-refractivity contribution in [3.05, 3.63) is 0 Å². The van der Waals surface area contributed by atoms with Crippen LogP contribution in [0.3, 0.4) is 0 Å². The first-order valence-electron chi connectivity index (χ1n) is 14.9. The van der Waals surface area contributed by atoms with E-state index in [1.165, 1.54) is 0 Å². The van der Waals surface area contributed by atoms with Gasteiger partial charge in [0.15, 0.2) is 0 Å². The van der Waals surface area contributed by atoms with Crippen LogP contribution in [-0.4, -0.2) is 142 Å². The Morgan fingerprint density at radius 3 is 1.52 bits per heavy atom. The molecule has 1 rings (SSSR count). The molecule has 1 heterocycles. The number of rotatable bonds is 9. The summed E-state index contributed by atoms with van der Waals surface area (Å²) in [6, 6.07) is -0.877. The van der Waals surface area contributed by atoms with E-state index in [0.717, 1.165) is 0 Å². The summed E-state index contributed by atoms with van der Waals surface area (Å²) in [5, 5.41) is 30.8. The molecule has 0 aromatic rings. The quantitative estimate of drug-likeness (QED) is 0.333. The zero-order chi connectivity index (χ0) is 32.7. The molecule has 1 aliphatic rings. The lowest BCUT2D eigenvalue weighted by Gasteiger charge is -2.57. The van der Waals surface area contributed by atoms with Gasteiger partial charge >= 0.3 is 23.9 Å². The highest BCUT2D eigenvalue weighted by Gasteiger charge is 2.60. The largest absolute Gasteiger partial charge is 0.480 e. The molecular weight excluding hydrogens is 544 g/mol. The van der Waals surface area contributed by atoms with Crippen LogP contribution in [0.2, 0.25) is 0 Å². The van der Waals surface area contributed by atoms with Gasteiger partial charge in [-0.05, 0) is 23.2 Å². The second kappa shape index (κ2) is 14.9. The van der Waals surface area contributed by atoms with Crippen LogP contribution in [0.25, 0.3) is 0 Å². The predicted octanol–water partition coefficient (Wildman–Crippen LogP) is 2.27. The van der Waals surface area contributed by atoms with Gasteiger partial charge in [-0.15, -0.1) is 0 Å². The third-order valence-corrected chi connectivity index (χ3v) is 8.17. The first kappa shape index (κ1) is 37.7. The Morgan fingerprint density at radius 2 is 1.12 bits per heavy atom. The van der Waals surface area contributed by atoms with Crippen molar-refractivity contribution in [1.82, 2.24) is 19.6 Å². The van der Waals surface area contributed by atoms with Crippen LogP contribution >= 0.6 is 0 Å². The maximum atomic E-state index is 13.4. The van der Waals surface area contributed by atoms with Gasteiger partial charge in [0.25, 0.3) is 0 Å². The number of carbonyl (C=O) groups excluding carboxylic acids is 1. The zero-order valence-corrected chi connectivity index (χ0v) is 27.5. The fourth-order valence-corrected chi connectivity index (χ4v) is 6.93.